The van der Waals surface area contributed by atoms with Gasteiger partial charge in [0.1, 0.15) is 11.4 Å². The molecule has 43 heavy (non-hydrogen) atoms. The lowest BCUT2D eigenvalue weighted by atomic mass is 10.1. The van der Waals surface area contributed by atoms with Gasteiger partial charge in [-0.05, 0) is 96.7 Å². The van der Waals surface area contributed by atoms with Crippen LogP contribution < -0.4 is 20.7 Å². The SMILES string of the molecule is CCOc1cccc(NC(=O)N(CCCN(C)C)Cc2ccc(C(=O)Nc3ccccc3NC(=O)OC(C)(C)C)cc2)c1. The summed E-state index contributed by atoms with van der Waals surface area (Å²) >= 11 is 0. The molecule has 0 aliphatic carbocycles. The van der Waals surface area contributed by atoms with E-state index in [-0.39, 0.29) is 11.9 Å². The third kappa shape index (κ3) is 11.3. The number of carbonyl (C=O) groups is 3. The van der Waals surface area contributed by atoms with Crippen molar-refractivity contribution in [2.45, 2.75) is 46.3 Å². The summed E-state index contributed by atoms with van der Waals surface area (Å²) in [6.45, 7) is 9.55. The summed E-state index contributed by atoms with van der Waals surface area (Å²) in [6, 6.07) is 21.1. The summed E-state index contributed by atoms with van der Waals surface area (Å²) in [6.07, 6.45) is 0.191. The number of carbonyl (C=O) groups excluding carboxylic acids is 3. The highest BCUT2D eigenvalue weighted by molar-refractivity contribution is 6.06. The molecular formula is C33H43N5O5. The van der Waals surface area contributed by atoms with Crippen LogP contribution in [0.25, 0.3) is 0 Å². The molecule has 0 aliphatic heterocycles. The lowest BCUT2D eigenvalue weighted by Gasteiger charge is -2.24. The van der Waals surface area contributed by atoms with Gasteiger partial charge in [0.05, 0.1) is 18.0 Å². The molecule has 4 amide bonds. The highest BCUT2D eigenvalue weighted by Crippen LogP contribution is 2.23. The summed E-state index contributed by atoms with van der Waals surface area (Å²) in [5.41, 5.74) is 2.19. The first-order chi connectivity index (χ1) is 20.4. The monoisotopic (exact) mass is 589 g/mol. The van der Waals surface area contributed by atoms with E-state index in [1.54, 1.807) is 68.1 Å². The molecule has 0 unspecified atom stereocenters. The number of nitrogens with one attached hydrogen (secondary N) is 3. The lowest BCUT2D eigenvalue weighted by Crippen LogP contribution is -2.36. The number of para-hydroxylation sites is 2. The Labute approximate surface area is 254 Å². The fraction of sp³-hybridized carbons (Fsp3) is 0.364. The minimum Gasteiger partial charge on any atom is -0.494 e. The van der Waals surface area contributed by atoms with Gasteiger partial charge in [-0.1, -0.05) is 30.3 Å². The van der Waals surface area contributed by atoms with Crippen molar-refractivity contribution in [1.82, 2.24) is 9.80 Å². The van der Waals surface area contributed by atoms with E-state index in [0.717, 1.165) is 18.5 Å². The molecule has 0 spiro atoms. The molecule has 3 rings (SSSR count). The summed E-state index contributed by atoms with van der Waals surface area (Å²) in [4.78, 5) is 42.4. The van der Waals surface area contributed by atoms with Crippen LogP contribution in [0.15, 0.2) is 72.8 Å². The molecule has 3 N–H and O–H groups in total. The number of nitrogens with zero attached hydrogens (tertiary/aromatic N) is 2. The molecule has 0 bridgehead atoms. The van der Waals surface area contributed by atoms with Gasteiger partial charge in [0.15, 0.2) is 0 Å². The highest BCUT2D eigenvalue weighted by Gasteiger charge is 2.19. The third-order valence-electron chi connectivity index (χ3n) is 6.12. The smallest absolute Gasteiger partial charge is 0.412 e. The summed E-state index contributed by atoms with van der Waals surface area (Å²) < 4.78 is 10.9. The van der Waals surface area contributed by atoms with E-state index >= 15 is 0 Å². The highest BCUT2D eigenvalue weighted by atomic mass is 16.6. The molecule has 0 heterocycles. The van der Waals surface area contributed by atoms with Crippen LogP contribution >= 0.6 is 0 Å². The van der Waals surface area contributed by atoms with E-state index in [9.17, 15) is 14.4 Å². The van der Waals surface area contributed by atoms with Crippen LogP contribution in [-0.4, -0.2) is 67.2 Å². The van der Waals surface area contributed by atoms with E-state index in [4.69, 9.17) is 9.47 Å². The maximum atomic E-state index is 13.3. The number of anilines is 3. The Morgan fingerprint density at radius 1 is 0.814 bits per heavy atom. The average molecular weight is 590 g/mol. The summed E-state index contributed by atoms with van der Waals surface area (Å²) in [5.74, 6) is 0.358. The molecule has 0 saturated heterocycles. The van der Waals surface area contributed by atoms with Crippen LogP contribution in [0.1, 0.15) is 50.0 Å². The predicted octanol–water partition coefficient (Wildman–Crippen LogP) is 6.67. The molecule has 0 saturated carbocycles. The van der Waals surface area contributed by atoms with Gasteiger partial charge in [-0.2, -0.15) is 0 Å². The quantitative estimate of drug-likeness (QED) is 0.218. The van der Waals surface area contributed by atoms with Gasteiger partial charge in [-0.3, -0.25) is 10.1 Å². The molecule has 0 aromatic heterocycles. The zero-order valence-corrected chi connectivity index (χ0v) is 25.9. The molecule has 230 valence electrons. The van der Waals surface area contributed by atoms with Crippen molar-refractivity contribution in [3.63, 3.8) is 0 Å². The van der Waals surface area contributed by atoms with Crippen LogP contribution in [0.4, 0.5) is 26.7 Å². The Kier molecular flexibility index (Phi) is 11.9. The second-order valence-electron chi connectivity index (χ2n) is 11.3. The Morgan fingerprint density at radius 2 is 1.49 bits per heavy atom. The lowest BCUT2D eigenvalue weighted by molar-refractivity contribution is 0.0635. The molecule has 3 aromatic carbocycles. The minimum atomic E-state index is -0.651. The predicted molar refractivity (Wildman–Crippen MR) is 171 cm³/mol. The van der Waals surface area contributed by atoms with Gasteiger partial charge in [0, 0.05) is 30.4 Å². The Hall–Kier alpha value is -4.57. The first kappa shape index (κ1) is 32.9. The van der Waals surface area contributed by atoms with Crippen LogP contribution in [-0.2, 0) is 11.3 Å². The number of benzene rings is 3. The second-order valence-corrected chi connectivity index (χ2v) is 11.3. The fourth-order valence-corrected chi connectivity index (χ4v) is 4.15. The standard InChI is InChI=1S/C33H43N5O5/c1-7-42-27-13-10-12-26(22-27)34-31(40)38(21-11-20-37(5)6)23-24-16-18-25(19-17-24)30(39)35-28-14-8-9-15-29(28)36-32(41)43-33(2,3)4/h8-10,12-19,22H,7,11,20-21,23H2,1-6H3,(H,34,40)(H,35,39)(H,36,41). The maximum absolute atomic E-state index is 13.3. The molecule has 0 radical (unpaired) electrons. The molecule has 0 aliphatic rings. The van der Waals surface area contributed by atoms with Crippen molar-refractivity contribution < 1.29 is 23.9 Å². The largest absolute Gasteiger partial charge is 0.494 e. The average Bonchev–Trinajstić information content (AvgIpc) is 2.93. The Bertz CT molecular complexity index is 1370. The van der Waals surface area contributed by atoms with Crippen molar-refractivity contribution in [2.75, 3.05) is 49.7 Å². The van der Waals surface area contributed by atoms with Gasteiger partial charge >= 0.3 is 12.1 Å². The number of hydrogen-bond acceptors (Lipinski definition) is 6. The zero-order valence-electron chi connectivity index (χ0n) is 25.9. The fourth-order valence-electron chi connectivity index (χ4n) is 4.15. The van der Waals surface area contributed by atoms with Crippen molar-refractivity contribution in [3.05, 3.63) is 83.9 Å². The van der Waals surface area contributed by atoms with Crippen molar-refractivity contribution in [3.8, 4) is 5.75 Å². The van der Waals surface area contributed by atoms with E-state index in [2.05, 4.69) is 20.9 Å². The van der Waals surface area contributed by atoms with Gasteiger partial charge in [-0.25, -0.2) is 9.59 Å². The Morgan fingerprint density at radius 3 is 2.12 bits per heavy atom. The molecule has 10 heteroatoms. The number of ether oxygens (including phenoxy) is 2. The van der Waals surface area contributed by atoms with E-state index in [0.29, 0.717) is 48.1 Å². The molecule has 10 nitrogen and oxygen atoms in total. The third-order valence-corrected chi connectivity index (χ3v) is 6.12. The normalized spacial score (nSPS) is 11.0. The van der Waals surface area contributed by atoms with E-state index in [1.807, 2.05) is 51.4 Å². The minimum absolute atomic E-state index is 0.219. The van der Waals surface area contributed by atoms with E-state index in [1.165, 1.54) is 0 Å². The molecule has 3 aromatic rings. The van der Waals surface area contributed by atoms with Gasteiger partial charge in [0.25, 0.3) is 5.91 Å². The first-order valence-corrected chi connectivity index (χ1v) is 14.4. The van der Waals surface area contributed by atoms with Crippen molar-refractivity contribution >= 4 is 35.1 Å². The van der Waals surface area contributed by atoms with Gasteiger partial charge in [-0.15, -0.1) is 0 Å². The van der Waals surface area contributed by atoms with Crippen molar-refractivity contribution in [1.29, 1.82) is 0 Å². The molecule has 0 atom stereocenters. The zero-order chi connectivity index (χ0) is 31.4. The number of hydrogen-bond donors (Lipinski definition) is 3. The van der Waals surface area contributed by atoms with Crippen molar-refractivity contribution in [2.24, 2.45) is 0 Å². The summed E-state index contributed by atoms with van der Waals surface area (Å²) in [7, 11) is 4.00. The van der Waals surface area contributed by atoms with Crippen LogP contribution in [0.5, 0.6) is 5.75 Å². The van der Waals surface area contributed by atoms with E-state index < -0.39 is 11.7 Å². The molecule has 0 fully saturated rings. The van der Waals surface area contributed by atoms with Crippen LogP contribution in [0, 0.1) is 0 Å². The first-order valence-electron chi connectivity index (χ1n) is 14.4. The van der Waals surface area contributed by atoms with Crippen LogP contribution in [0.2, 0.25) is 0 Å². The van der Waals surface area contributed by atoms with Gasteiger partial charge in [0.2, 0.25) is 0 Å². The van der Waals surface area contributed by atoms with Gasteiger partial charge < -0.3 is 29.9 Å². The number of amides is 4. The summed E-state index contributed by atoms with van der Waals surface area (Å²) in [5, 5.41) is 8.52. The molecular weight excluding hydrogens is 546 g/mol. The number of urea groups is 1. The second kappa shape index (κ2) is 15.6. The topological polar surface area (TPSA) is 112 Å². The Balaban J connectivity index is 1.68. The maximum Gasteiger partial charge on any atom is 0.412 e. The van der Waals surface area contributed by atoms with Crippen LogP contribution in [0.3, 0.4) is 0 Å². The number of rotatable bonds is 12.